The number of amides is 1. The number of carbonyl (C=O) groups excluding carboxylic acids is 1. The minimum absolute atomic E-state index is 0.192. The summed E-state index contributed by atoms with van der Waals surface area (Å²) in [4.78, 5) is 24.3. The van der Waals surface area contributed by atoms with Crippen molar-refractivity contribution in [2.45, 2.75) is 20.5 Å². The van der Waals surface area contributed by atoms with E-state index in [1.54, 1.807) is 17.4 Å². The van der Waals surface area contributed by atoms with Crippen LogP contribution < -0.4 is 4.90 Å². The maximum absolute atomic E-state index is 13.5. The molecule has 0 N–H and O–H groups in total. The molecule has 2 aromatic heterocycles. The van der Waals surface area contributed by atoms with E-state index in [0.29, 0.717) is 17.4 Å². The Morgan fingerprint density at radius 1 is 1.11 bits per heavy atom. The Morgan fingerprint density at radius 2 is 1.86 bits per heavy atom. The van der Waals surface area contributed by atoms with Gasteiger partial charge in [-0.1, -0.05) is 29.5 Å². The highest BCUT2D eigenvalue weighted by Gasteiger charge is 2.25. The number of fused-ring (bicyclic) bond motifs is 1. The summed E-state index contributed by atoms with van der Waals surface area (Å²) in [6.45, 7) is 4.44. The van der Waals surface area contributed by atoms with Crippen molar-refractivity contribution in [1.29, 1.82) is 0 Å². The molecule has 142 valence electrons. The second-order valence-corrected chi connectivity index (χ2v) is 8.46. The fraction of sp³-hybridized carbons (Fsp3) is 0.190. The van der Waals surface area contributed by atoms with E-state index in [4.69, 9.17) is 9.72 Å². The van der Waals surface area contributed by atoms with Crippen LogP contribution >= 0.6 is 22.7 Å². The molecular weight excluding hydrogens is 390 g/mol. The Morgan fingerprint density at radius 3 is 2.57 bits per heavy atom. The number of carbonyl (C=O) groups is 1. The first-order valence-electron chi connectivity index (χ1n) is 8.77. The first-order chi connectivity index (χ1) is 13.5. The standard InChI is InChI=1S/C21H19N3O2S2/c1-13-8-14(2)10-15(9-13)24(20(25)17-12-27-19(22-17)11-26-3)21-23-16-6-4-5-7-18(16)28-21/h4-10,12H,11H2,1-3H3. The van der Waals surface area contributed by atoms with Crippen LogP contribution in [0.3, 0.4) is 0 Å². The Hall–Kier alpha value is -2.61. The predicted octanol–water partition coefficient (Wildman–Crippen LogP) is 5.49. The fourth-order valence-electron chi connectivity index (χ4n) is 3.06. The molecule has 2 aromatic carbocycles. The van der Waals surface area contributed by atoms with Crippen molar-refractivity contribution in [2.75, 3.05) is 12.0 Å². The molecule has 0 saturated carbocycles. The van der Waals surface area contributed by atoms with E-state index in [0.717, 1.165) is 32.0 Å². The first-order valence-corrected chi connectivity index (χ1v) is 10.5. The molecule has 0 bridgehead atoms. The second-order valence-electron chi connectivity index (χ2n) is 6.51. The van der Waals surface area contributed by atoms with Gasteiger partial charge in [-0.05, 0) is 49.2 Å². The van der Waals surface area contributed by atoms with Crippen LogP contribution in [-0.2, 0) is 11.3 Å². The maximum Gasteiger partial charge on any atom is 0.284 e. The van der Waals surface area contributed by atoms with Crippen LogP contribution in [0.25, 0.3) is 10.2 Å². The number of aryl methyl sites for hydroxylation is 2. The van der Waals surface area contributed by atoms with Crippen molar-refractivity contribution in [2.24, 2.45) is 0 Å². The van der Waals surface area contributed by atoms with Crippen LogP contribution in [0.4, 0.5) is 10.8 Å². The number of anilines is 2. The van der Waals surface area contributed by atoms with Gasteiger partial charge in [-0.3, -0.25) is 9.69 Å². The Labute approximate surface area is 171 Å². The van der Waals surface area contributed by atoms with Gasteiger partial charge < -0.3 is 4.74 Å². The average Bonchev–Trinajstić information content (AvgIpc) is 3.28. The monoisotopic (exact) mass is 409 g/mol. The van der Waals surface area contributed by atoms with E-state index >= 15 is 0 Å². The third-order valence-corrected chi connectivity index (χ3v) is 6.02. The highest BCUT2D eigenvalue weighted by atomic mass is 32.1. The van der Waals surface area contributed by atoms with Gasteiger partial charge in [-0.2, -0.15) is 0 Å². The number of hydrogen-bond acceptors (Lipinski definition) is 6. The van der Waals surface area contributed by atoms with Crippen molar-refractivity contribution < 1.29 is 9.53 Å². The third-order valence-electron chi connectivity index (χ3n) is 4.18. The number of thiazole rings is 2. The van der Waals surface area contributed by atoms with Gasteiger partial charge in [-0.25, -0.2) is 9.97 Å². The summed E-state index contributed by atoms with van der Waals surface area (Å²) in [6, 6.07) is 14.0. The fourth-order valence-corrected chi connectivity index (χ4v) is 4.79. The van der Waals surface area contributed by atoms with Crippen molar-refractivity contribution >= 4 is 49.6 Å². The minimum atomic E-state index is -0.192. The Bertz CT molecular complexity index is 1100. The summed E-state index contributed by atoms with van der Waals surface area (Å²) >= 11 is 2.92. The van der Waals surface area contributed by atoms with Crippen LogP contribution in [0.1, 0.15) is 26.6 Å². The molecule has 4 rings (SSSR count). The van der Waals surface area contributed by atoms with Gasteiger partial charge in [0.1, 0.15) is 10.7 Å². The van der Waals surface area contributed by atoms with Gasteiger partial charge in [-0.15, -0.1) is 11.3 Å². The zero-order valence-electron chi connectivity index (χ0n) is 15.8. The van der Waals surface area contributed by atoms with Crippen molar-refractivity contribution in [3.8, 4) is 0 Å². The number of methoxy groups -OCH3 is 1. The highest BCUT2D eigenvalue weighted by Crippen LogP contribution is 2.35. The number of hydrogen-bond donors (Lipinski definition) is 0. The van der Waals surface area contributed by atoms with Gasteiger partial charge in [0.2, 0.25) is 0 Å². The quantitative estimate of drug-likeness (QED) is 0.437. The molecule has 28 heavy (non-hydrogen) atoms. The summed E-state index contributed by atoms with van der Waals surface area (Å²) in [7, 11) is 1.62. The van der Waals surface area contributed by atoms with Crippen LogP contribution in [0.2, 0.25) is 0 Å². The number of aromatic nitrogens is 2. The van der Waals surface area contributed by atoms with Crippen LogP contribution in [0.5, 0.6) is 0 Å². The van der Waals surface area contributed by atoms with Crippen molar-refractivity contribution in [3.05, 3.63) is 69.7 Å². The zero-order chi connectivity index (χ0) is 19.7. The summed E-state index contributed by atoms with van der Waals surface area (Å²) in [6.07, 6.45) is 0. The SMILES string of the molecule is COCc1nc(C(=O)N(c2cc(C)cc(C)c2)c2nc3ccccc3s2)cs1. The second kappa shape index (κ2) is 7.79. The topological polar surface area (TPSA) is 55.3 Å². The molecule has 1 amide bonds. The van der Waals surface area contributed by atoms with Crippen LogP contribution in [0, 0.1) is 13.8 Å². The number of nitrogens with zero attached hydrogens (tertiary/aromatic N) is 3. The summed E-state index contributed by atoms with van der Waals surface area (Å²) in [5.41, 5.74) is 4.25. The van der Waals surface area contributed by atoms with Crippen molar-refractivity contribution in [1.82, 2.24) is 9.97 Å². The lowest BCUT2D eigenvalue weighted by atomic mass is 10.1. The van der Waals surface area contributed by atoms with Gasteiger partial charge in [0, 0.05) is 12.5 Å². The molecule has 0 spiro atoms. The van der Waals surface area contributed by atoms with E-state index in [2.05, 4.69) is 11.1 Å². The molecule has 0 saturated heterocycles. The predicted molar refractivity (Wildman–Crippen MR) is 115 cm³/mol. The van der Waals surface area contributed by atoms with E-state index in [-0.39, 0.29) is 5.91 Å². The summed E-state index contributed by atoms with van der Waals surface area (Å²) in [5, 5.41) is 3.19. The van der Waals surface area contributed by atoms with Crippen LogP contribution in [0.15, 0.2) is 47.8 Å². The molecule has 0 aliphatic carbocycles. The van der Waals surface area contributed by atoms with E-state index in [9.17, 15) is 4.79 Å². The highest BCUT2D eigenvalue weighted by molar-refractivity contribution is 7.22. The first kappa shape index (κ1) is 18.7. The molecule has 7 heteroatoms. The van der Waals surface area contributed by atoms with Gasteiger partial charge in [0.05, 0.1) is 22.5 Å². The molecule has 0 aliphatic rings. The van der Waals surface area contributed by atoms with E-state index < -0.39 is 0 Å². The largest absolute Gasteiger partial charge is 0.378 e. The lowest BCUT2D eigenvalue weighted by Crippen LogP contribution is -2.26. The van der Waals surface area contributed by atoms with Crippen LogP contribution in [-0.4, -0.2) is 23.0 Å². The molecule has 4 aromatic rings. The minimum Gasteiger partial charge on any atom is -0.378 e. The zero-order valence-corrected chi connectivity index (χ0v) is 17.4. The maximum atomic E-state index is 13.5. The van der Waals surface area contributed by atoms with E-state index in [1.165, 1.54) is 22.7 Å². The number of rotatable bonds is 5. The molecule has 0 fully saturated rings. The Kier molecular flexibility index (Phi) is 5.21. The molecule has 0 unspecified atom stereocenters. The van der Waals surface area contributed by atoms with Gasteiger partial charge in [0.15, 0.2) is 5.13 Å². The third kappa shape index (κ3) is 3.69. The average molecular weight is 410 g/mol. The van der Waals surface area contributed by atoms with E-state index in [1.807, 2.05) is 50.2 Å². The molecule has 0 radical (unpaired) electrons. The number of benzene rings is 2. The normalized spacial score (nSPS) is 11.1. The lowest BCUT2D eigenvalue weighted by Gasteiger charge is -2.20. The smallest absolute Gasteiger partial charge is 0.284 e. The number of para-hydroxylation sites is 1. The Balaban J connectivity index is 1.83. The molecule has 0 aliphatic heterocycles. The molecule has 2 heterocycles. The molecule has 0 atom stereocenters. The van der Waals surface area contributed by atoms with Gasteiger partial charge >= 0.3 is 0 Å². The summed E-state index contributed by atoms with van der Waals surface area (Å²) < 4.78 is 6.17. The number of ether oxygens (including phenoxy) is 1. The van der Waals surface area contributed by atoms with Gasteiger partial charge in [0.25, 0.3) is 5.91 Å². The lowest BCUT2D eigenvalue weighted by molar-refractivity contribution is 0.0994. The molecular formula is C21H19N3O2S2. The molecule has 5 nitrogen and oxygen atoms in total. The van der Waals surface area contributed by atoms with Crippen molar-refractivity contribution in [3.63, 3.8) is 0 Å². The summed E-state index contributed by atoms with van der Waals surface area (Å²) in [5.74, 6) is -0.192.